The molecule has 1 atom stereocenters. The van der Waals surface area contributed by atoms with Gasteiger partial charge in [0, 0.05) is 32.5 Å². The van der Waals surface area contributed by atoms with Crippen LogP contribution in [0, 0.1) is 0 Å². The Hall–Kier alpha value is -1.04. The second kappa shape index (κ2) is 10.7. The predicted molar refractivity (Wildman–Crippen MR) is 85.0 cm³/mol. The number of hydrogen-bond acceptors (Lipinski definition) is 4. The summed E-state index contributed by atoms with van der Waals surface area (Å²) in [5, 5.41) is 6.09. The molecule has 112 valence electrons. The van der Waals surface area contributed by atoms with Gasteiger partial charge in [-0.25, -0.2) is 0 Å². The van der Waals surface area contributed by atoms with Crippen molar-refractivity contribution in [2.75, 3.05) is 33.4 Å². The molecule has 4 nitrogen and oxygen atoms in total. The quantitative estimate of drug-likeness (QED) is 0.645. The van der Waals surface area contributed by atoms with E-state index in [-0.39, 0.29) is 11.2 Å². The molecule has 1 amide bonds. The molecular weight excluding hydrogens is 272 g/mol. The molecule has 1 unspecified atom stereocenters. The zero-order valence-electron chi connectivity index (χ0n) is 12.2. The highest BCUT2D eigenvalue weighted by atomic mass is 32.2. The molecule has 1 rings (SSSR count). The molecule has 0 fully saturated rings. The molecule has 0 radical (unpaired) electrons. The van der Waals surface area contributed by atoms with Crippen LogP contribution >= 0.6 is 11.8 Å². The van der Waals surface area contributed by atoms with Gasteiger partial charge in [0.05, 0.1) is 11.9 Å². The normalized spacial score (nSPS) is 12.1. The van der Waals surface area contributed by atoms with Crippen LogP contribution < -0.4 is 10.6 Å². The standard InChI is InChI=1S/C15H24N2O2S/c1-13(20-12-14-6-4-3-5-7-14)15(18)17-9-8-16-10-11-19-2/h3-7,13,16H,8-12H2,1-2H3,(H,17,18). The Morgan fingerprint density at radius 2 is 2.00 bits per heavy atom. The van der Waals surface area contributed by atoms with Crippen LogP contribution in [0.15, 0.2) is 30.3 Å². The fraction of sp³-hybridized carbons (Fsp3) is 0.533. The molecule has 0 aliphatic carbocycles. The minimum atomic E-state index is -0.0332. The lowest BCUT2D eigenvalue weighted by atomic mass is 10.2. The molecule has 0 aliphatic heterocycles. The Morgan fingerprint density at radius 1 is 1.25 bits per heavy atom. The first-order chi connectivity index (χ1) is 9.74. The van der Waals surface area contributed by atoms with Crippen LogP contribution in [0.5, 0.6) is 0 Å². The largest absolute Gasteiger partial charge is 0.383 e. The summed E-state index contributed by atoms with van der Waals surface area (Å²) in [6.07, 6.45) is 0. The van der Waals surface area contributed by atoms with Crippen LogP contribution in [0.25, 0.3) is 0 Å². The van der Waals surface area contributed by atoms with Gasteiger partial charge >= 0.3 is 0 Å². The van der Waals surface area contributed by atoms with Crippen LogP contribution in [-0.2, 0) is 15.3 Å². The van der Waals surface area contributed by atoms with Crippen molar-refractivity contribution in [1.82, 2.24) is 10.6 Å². The summed E-state index contributed by atoms with van der Waals surface area (Å²) in [5.41, 5.74) is 1.25. The van der Waals surface area contributed by atoms with Crippen LogP contribution in [0.1, 0.15) is 12.5 Å². The molecule has 0 aliphatic rings. The number of benzene rings is 1. The van der Waals surface area contributed by atoms with Crippen molar-refractivity contribution in [2.24, 2.45) is 0 Å². The third kappa shape index (κ3) is 7.53. The summed E-state index contributed by atoms with van der Waals surface area (Å²) < 4.78 is 4.93. The van der Waals surface area contributed by atoms with Gasteiger partial charge in [0.15, 0.2) is 0 Å². The summed E-state index contributed by atoms with van der Waals surface area (Å²) in [6, 6.07) is 10.2. The average molecular weight is 296 g/mol. The Morgan fingerprint density at radius 3 is 2.70 bits per heavy atom. The van der Waals surface area contributed by atoms with E-state index >= 15 is 0 Å². The van der Waals surface area contributed by atoms with Crippen LogP contribution in [-0.4, -0.2) is 44.5 Å². The average Bonchev–Trinajstić information content (AvgIpc) is 2.49. The van der Waals surface area contributed by atoms with E-state index in [2.05, 4.69) is 22.8 Å². The highest BCUT2D eigenvalue weighted by Gasteiger charge is 2.12. The highest BCUT2D eigenvalue weighted by molar-refractivity contribution is 7.99. The molecule has 0 heterocycles. The first-order valence-electron chi connectivity index (χ1n) is 6.87. The third-order valence-electron chi connectivity index (χ3n) is 2.80. The molecule has 0 saturated carbocycles. The van der Waals surface area contributed by atoms with E-state index in [4.69, 9.17) is 4.74 Å². The molecular formula is C15H24N2O2S. The highest BCUT2D eigenvalue weighted by Crippen LogP contribution is 2.17. The van der Waals surface area contributed by atoms with Gasteiger partial charge in [0.25, 0.3) is 0 Å². The lowest BCUT2D eigenvalue weighted by Gasteiger charge is -2.12. The van der Waals surface area contributed by atoms with E-state index in [1.165, 1.54) is 5.56 Å². The number of thioether (sulfide) groups is 1. The summed E-state index contributed by atoms with van der Waals surface area (Å²) >= 11 is 1.66. The van der Waals surface area contributed by atoms with Gasteiger partial charge in [-0.05, 0) is 12.5 Å². The van der Waals surface area contributed by atoms with Gasteiger partial charge in [-0.3, -0.25) is 4.79 Å². The SMILES string of the molecule is COCCNCCNC(=O)C(C)SCc1ccccc1. The second-order valence-corrected chi connectivity index (χ2v) is 5.80. The zero-order chi connectivity index (χ0) is 14.6. The van der Waals surface area contributed by atoms with Crippen molar-refractivity contribution < 1.29 is 9.53 Å². The molecule has 0 bridgehead atoms. The Labute approximate surface area is 125 Å². The molecule has 0 aromatic heterocycles. The summed E-state index contributed by atoms with van der Waals surface area (Å²) in [5.74, 6) is 0.959. The van der Waals surface area contributed by atoms with E-state index in [9.17, 15) is 4.79 Å². The minimum absolute atomic E-state index is 0.0332. The maximum absolute atomic E-state index is 11.9. The zero-order valence-corrected chi connectivity index (χ0v) is 13.0. The first-order valence-corrected chi connectivity index (χ1v) is 7.92. The van der Waals surface area contributed by atoms with Gasteiger partial charge in [-0.1, -0.05) is 30.3 Å². The molecule has 1 aromatic carbocycles. The molecule has 1 aromatic rings. The number of carbonyl (C=O) groups is 1. The number of methoxy groups -OCH3 is 1. The van der Waals surface area contributed by atoms with Gasteiger partial charge in [0.2, 0.25) is 5.91 Å². The van der Waals surface area contributed by atoms with Crippen LogP contribution in [0.2, 0.25) is 0 Å². The predicted octanol–water partition coefficient (Wildman–Crippen LogP) is 1.66. The number of nitrogens with one attached hydrogen (secondary N) is 2. The van der Waals surface area contributed by atoms with E-state index in [0.717, 1.165) is 18.8 Å². The molecule has 20 heavy (non-hydrogen) atoms. The smallest absolute Gasteiger partial charge is 0.232 e. The molecule has 0 saturated heterocycles. The Balaban J connectivity index is 2.10. The lowest BCUT2D eigenvalue weighted by molar-refractivity contribution is -0.120. The number of rotatable bonds is 10. The number of carbonyl (C=O) groups excluding carboxylic acids is 1. The van der Waals surface area contributed by atoms with E-state index in [1.807, 2.05) is 25.1 Å². The van der Waals surface area contributed by atoms with Crippen molar-refractivity contribution in [3.63, 3.8) is 0 Å². The summed E-state index contributed by atoms with van der Waals surface area (Å²) in [6.45, 7) is 4.87. The Kier molecular flexibility index (Phi) is 9.11. The van der Waals surface area contributed by atoms with Gasteiger partial charge in [-0.15, -0.1) is 11.8 Å². The maximum atomic E-state index is 11.9. The van der Waals surface area contributed by atoms with Crippen molar-refractivity contribution in [3.8, 4) is 0 Å². The Bertz CT molecular complexity index is 373. The van der Waals surface area contributed by atoms with Crippen LogP contribution in [0.3, 0.4) is 0 Å². The van der Waals surface area contributed by atoms with Gasteiger partial charge in [0.1, 0.15) is 0 Å². The molecule has 2 N–H and O–H groups in total. The summed E-state index contributed by atoms with van der Waals surface area (Å²) in [4.78, 5) is 11.9. The number of hydrogen-bond donors (Lipinski definition) is 2. The fourth-order valence-corrected chi connectivity index (χ4v) is 2.46. The van der Waals surface area contributed by atoms with Crippen molar-refractivity contribution >= 4 is 17.7 Å². The van der Waals surface area contributed by atoms with Crippen molar-refractivity contribution in [3.05, 3.63) is 35.9 Å². The minimum Gasteiger partial charge on any atom is -0.383 e. The second-order valence-electron chi connectivity index (χ2n) is 4.47. The van der Waals surface area contributed by atoms with Gasteiger partial charge in [-0.2, -0.15) is 0 Å². The van der Waals surface area contributed by atoms with E-state index in [0.29, 0.717) is 13.2 Å². The monoisotopic (exact) mass is 296 g/mol. The van der Waals surface area contributed by atoms with Crippen molar-refractivity contribution in [1.29, 1.82) is 0 Å². The number of ether oxygens (including phenoxy) is 1. The topological polar surface area (TPSA) is 50.4 Å². The first kappa shape index (κ1) is 17.0. The lowest BCUT2D eigenvalue weighted by Crippen LogP contribution is -2.36. The van der Waals surface area contributed by atoms with Crippen molar-refractivity contribution in [2.45, 2.75) is 17.9 Å². The van der Waals surface area contributed by atoms with E-state index < -0.39 is 0 Å². The van der Waals surface area contributed by atoms with Crippen LogP contribution in [0.4, 0.5) is 0 Å². The molecule has 0 spiro atoms. The summed E-state index contributed by atoms with van der Waals surface area (Å²) in [7, 11) is 1.68. The maximum Gasteiger partial charge on any atom is 0.232 e. The van der Waals surface area contributed by atoms with Gasteiger partial charge < -0.3 is 15.4 Å². The number of amides is 1. The van der Waals surface area contributed by atoms with E-state index in [1.54, 1.807) is 18.9 Å². The third-order valence-corrected chi connectivity index (χ3v) is 4.01. The fourth-order valence-electron chi connectivity index (χ4n) is 1.59. The molecule has 5 heteroatoms.